The van der Waals surface area contributed by atoms with Crippen molar-refractivity contribution in [2.75, 3.05) is 5.75 Å². The molecule has 1 N–H and O–H groups in total. The average molecular weight is 289 g/mol. The lowest BCUT2D eigenvalue weighted by Gasteiger charge is -2.26. The van der Waals surface area contributed by atoms with Crippen molar-refractivity contribution in [3.8, 4) is 6.07 Å². The number of nitrogens with zero attached hydrogens (tertiary/aromatic N) is 2. The molecule has 1 aromatic rings. The van der Waals surface area contributed by atoms with Gasteiger partial charge in [-0.1, -0.05) is 18.7 Å². The monoisotopic (exact) mass is 289 g/mol. The van der Waals surface area contributed by atoms with Gasteiger partial charge < -0.3 is 5.32 Å². The number of nitriles is 1. The molecule has 0 unspecified atom stereocenters. The van der Waals surface area contributed by atoms with E-state index < -0.39 is 0 Å². The Morgan fingerprint density at radius 2 is 2.25 bits per heavy atom. The van der Waals surface area contributed by atoms with Gasteiger partial charge in [-0.05, 0) is 43.7 Å². The zero-order valence-corrected chi connectivity index (χ0v) is 12.4. The Morgan fingerprint density at radius 1 is 1.50 bits per heavy atom. The zero-order valence-electron chi connectivity index (χ0n) is 11.6. The number of aromatic nitrogens is 1. The molecular formula is C15H19N3OS. The summed E-state index contributed by atoms with van der Waals surface area (Å²) in [5.41, 5.74) is 0.525. The molecule has 1 amide bonds. The minimum absolute atomic E-state index is 0.0316. The van der Waals surface area contributed by atoms with Crippen LogP contribution in [-0.2, 0) is 4.79 Å². The number of carbonyl (C=O) groups is 1. The highest BCUT2D eigenvalue weighted by Gasteiger charge is 2.19. The molecule has 1 aliphatic rings. The first-order chi connectivity index (χ1) is 9.69. The van der Waals surface area contributed by atoms with E-state index in [1.54, 1.807) is 18.3 Å². The molecule has 1 fully saturated rings. The fraction of sp³-hybridized carbons (Fsp3) is 0.533. The summed E-state index contributed by atoms with van der Waals surface area (Å²) in [4.78, 5) is 16.1. The Balaban J connectivity index is 1.79. The van der Waals surface area contributed by atoms with Crippen LogP contribution in [0.25, 0.3) is 0 Å². The fourth-order valence-electron chi connectivity index (χ4n) is 2.40. The first-order valence-corrected chi connectivity index (χ1v) is 7.95. The van der Waals surface area contributed by atoms with E-state index in [0.29, 0.717) is 22.4 Å². The standard InChI is InChI=1S/C15H19N3OS/c1-11-4-6-13(7-5-11)18-14(19)10-20-15-12(9-16)3-2-8-17-15/h2-3,8,11,13H,4-7,10H2,1H3,(H,18,19). The number of amides is 1. The Hall–Kier alpha value is -1.54. The molecule has 20 heavy (non-hydrogen) atoms. The van der Waals surface area contributed by atoms with E-state index in [2.05, 4.69) is 23.3 Å². The van der Waals surface area contributed by atoms with E-state index in [0.717, 1.165) is 18.8 Å². The second-order valence-corrected chi connectivity index (χ2v) is 6.24. The third kappa shape index (κ3) is 4.24. The third-order valence-corrected chi connectivity index (χ3v) is 4.62. The van der Waals surface area contributed by atoms with Crippen LogP contribution in [-0.4, -0.2) is 22.7 Å². The highest BCUT2D eigenvalue weighted by molar-refractivity contribution is 7.99. The first kappa shape index (κ1) is 14.9. The molecule has 1 heterocycles. The normalized spacial score (nSPS) is 22.0. The van der Waals surface area contributed by atoms with Crippen LogP contribution in [0, 0.1) is 17.2 Å². The molecule has 0 radical (unpaired) electrons. The maximum atomic E-state index is 11.9. The zero-order chi connectivity index (χ0) is 14.4. The molecular weight excluding hydrogens is 270 g/mol. The third-order valence-electron chi connectivity index (χ3n) is 3.61. The van der Waals surface area contributed by atoms with Gasteiger partial charge in [0.05, 0.1) is 11.3 Å². The van der Waals surface area contributed by atoms with Crippen LogP contribution < -0.4 is 5.32 Å². The number of carbonyl (C=O) groups excluding carboxylic acids is 1. The second kappa shape index (κ2) is 7.30. The van der Waals surface area contributed by atoms with Gasteiger partial charge in [-0.15, -0.1) is 0 Å². The van der Waals surface area contributed by atoms with Gasteiger partial charge in [-0.25, -0.2) is 4.98 Å². The van der Waals surface area contributed by atoms with Gasteiger partial charge in [0, 0.05) is 12.2 Å². The molecule has 1 aromatic heterocycles. The highest BCUT2D eigenvalue weighted by atomic mass is 32.2. The second-order valence-electron chi connectivity index (χ2n) is 5.28. The summed E-state index contributed by atoms with van der Waals surface area (Å²) in [6.45, 7) is 2.26. The van der Waals surface area contributed by atoms with E-state index in [4.69, 9.17) is 5.26 Å². The van der Waals surface area contributed by atoms with Gasteiger partial charge >= 0.3 is 0 Å². The Bertz CT molecular complexity index is 504. The lowest BCUT2D eigenvalue weighted by Crippen LogP contribution is -2.38. The van der Waals surface area contributed by atoms with Crippen molar-refractivity contribution in [1.29, 1.82) is 5.26 Å². The average Bonchev–Trinajstić information content (AvgIpc) is 2.48. The predicted molar refractivity (Wildman–Crippen MR) is 79.2 cm³/mol. The molecule has 0 spiro atoms. The smallest absolute Gasteiger partial charge is 0.230 e. The van der Waals surface area contributed by atoms with Gasteiger partial charge in [0.1, 0.15) is 11.1 Å². The number of rotatable bonds is 4. The summed E-state index contributed by atoms with van der Waals surface area (Å²) in [5, 5.41) is 12.7. The van der Waals surface area contributed by atoms with E-state index >= 15 is 0 Å². The quantitative estimate of drug-likeness (QED) is 0.866. The van der Waals surface area contributed by atoms with Crippen molar-refractivity contribution in [2.24, 2.45) is 5.92 Å². The lowest BCUT2D eigenvalue weighted by atomic mass is 9.87. The molecule has 0 saturated heterocycles. The molecule has 0 bridgehead atoms. The van der Waals surface area contributed by atoms with Crippen molar-refractivity contribution in [3.63, 3.8) is 0 Å². The van der Waals surface area contributed by atoms with E-state index in [1.165, 1.54) is 24.6 Å². The highest BCUT2D eigenvalue weighted by Crippen LogP contribution is 2.24. The van der Waals surface area contributed by atoms with Crippen LogP contribution in [0.3, 0.4) is 0 Å². The molecule has 4 nitrogen and oxygen atoms in total. The Morgan fingerprint density at radius 3 is 2.95 bits per heavy atom. The van der Waals surface area contributed by atoms with Gasteiger partial charge in [0.25, 0.3) is 0 Å². The topological polar surface area (TPSA) is 65.8 Å². The summed E-state index contributed by atoms with van der Waals surface area (Å²) in [7, 11) is 0. The Labute approximate surface area is 124 Å². The van der Waals surface area contributed by atoms with Crippen LogP contribution >= 0.6 is 11.8 Å². The van der Waals surface area contributed by atoms with Crippen LogP contribution in [0.1, 0.15) is 38.2 Å². The minimum Gasteiger partial charge on any atom is -0.353 e. The SMILES string of the molecule is CC1CCC(NC(=O)CSc2ncccc2C#N)CC1. The number of thioether (sulfide) groups is 1. The summed E-state index contributed by atoms with van der Waals surface area (Å²) in [6.07, 6.45) is 6.17. The van der Waals surface area contributed by atoms with Gasteiger partial charge in [-0.3, -0.25) is 4.79 Å². The summed E-state index contributed by atoms with van der Waals surface area (Å²) in [5.74, 6) is 1.13. The van der Waals surface area contributed by atoms with Gasteiger partial charge in [-0.2, -0.15) is 5.26 Å². The number of pyridine rings is 1. The van der Waals surface area contributed by atoms with Gasteiger partial charge in [0.2, 0.25) is 5.91 Å². The van der Waals surface area contributed by atoms with Crippen molar-refractivity contribution < 1.29 is 4.79 Å². The van der Waals surface area contributed by atoms with Crippen molar-refractivity contribution in [2.45, 2.75) is 43.7 Å². The van der Waals surface area contributed by atoms with Crippen LogP contribution in [0.15, 0.2) is 23.4 Å². The summed E-state index contributed by atoms with van der Waals surface area (Å²) < 4.78 is 0. The molecule has 2 rings (SSSR count). The molecule has 106 valence electrons. The summed E-state index contributed by atoms with van der Waals surface area (Å²) >= 11 is 1.32. The number of hydrogen-bond donors (Lipinski definition) is 1. The molecule has 5 heteroatoms. The van der Waals surface area contributed by atoms with Crippen molar-refractivity contribution >= 4 is 17.7 Å². The molecule has 0 atom stereocenters. The van der Waals surface area contributed by atoms with Crippen molar-refractivity contribution in [3.05, 3.63) is 23.9 Å². The largest absolute Gasteiger partial charge is 0.353 e. The number of hydrogen-bond acceptors (Lipinski definition) is 4. The van der Waals surface area contributed by atoms with Crippen molar-refractivity contribution in [1.82, 2.24) is 10.3 Å². The molecule has 1 saturated carbocycles. The molecule has 0 aromatic carbocycles. The van der Waals surface area contributed by atoms with Crippen LogP contribution in [0.2, 0.25) is 0 Å². The van der Waals surface area contributed by atoms with E-state index in [-0.39, 0.29) is 5.91 Å². The van der Waals surface area contributed by atoms with Crippen LogP contribution in [0.4, 0.5) is 0 Å². The molecule has 1 aliphatic carbocycles. The maximum absolute atomic E-state index is 11.9. The summed E-state index contributed by atoms with van der Waals surface area (Å²) in [6, 6.07) is 5.85. The van der Waals surface area contributed by atoms with E-state index in [1.807, 2.05) is 0 Å². The fourth-order valence-corrected chi connectivity index (χ4v) is 3.15. The minimum atomic E-state index is 0.0316. The molecule has 0 aliphatic heterocycles. The predicted octanol–water partition coefficient (Wildman–Crippen LogP) is 2.74. The van der Waals surface area contributed by atoms with Gasteiger partial charge in [0.15, 0.2) is 0 Å². The van der Waals surface area contributed by atoms with Crippen LogP contribution in [0.5, 0.6) is 0 Å². The van der Waals surface area contributed by atoms with E-state index in [9.17, 15) is 4.79 Å². The first-order valence-electron chi connectivity index (χ1n) is 6.96. The maximum Gasteiger partial charge on any atom is 0.230 e. The Kier molecular flexibility index (Phi) is 5.42. The number of nitrogens with one attached hydrogen (secondary N) is 1. The lowest BCUT2D eigenvalue weighted by molar-refractivity contribution is -0.119.